The van der Waals surface area contributed by atoms with Crippen LogP contribution in [0, 0.1) is 20.8 Å². The van der Waals surface area contributed by atoms with Crippen molar-refractivity contribution < 1.29 is 0 Å². The van der Waals surface area contributed by atoms with E-state index < -0.39 is 0 Å². The van der Waals surface area contributed by atoms with Crippen LogP contribution in [0.25, 0.3) is 22.0 Å². The first-order valence-corrected chi connectivity index (χ1v) is 6.63. The van der Waals surface area contributed by atoms with Gasteiger partial charge in [0, 0.05) is 10.9 Å². The lowest BCUT2D eigenvalue weighted by molar-refractivity contribution is 1.01. The van der Waals surface area contributed by atoms with Gasteiger partial charge in [0.15, 0.2) is 0 Å². The van der Waals surface area contributed by atoms with Crippen LogP contribution in [0.15, 0.2) is 41.2 Å². The van der Waals surface area contributed by atoms with Gasteiger partial charge in [-0.1, -0.05) is 42.0 Å². The second-order valence-electron chi connectivity index (χ2n) is 5.22. The molecule has 3 aromatic rings. The highest BCUT2D eigenvalue weighted by molar-refractivity contribution is 5.97. The molecule has 3 rings (SSSR count). The summed E-state index contributed by atoms with van der Waals surface area (Å²) < 4.78 is 0. The highest BCUT2D eigenvalue weighted by Crippen LogP contribution is 2.28. The molecule has 3 nitrogen and oxygen atoms in total. The van der Waals surface area contributed by atoms with Crippen LogP contribution in [-0.2, 0) is 0 Å². The minimum atomic E-state index is -0.128. The van der Waals surface area contributed by atoms with Crippen molar-refractivity contribution in [1.82, 2.24) is 10.2 Å². The van der Waals surface area contributed by atoms with E-state index in [4.69, 9.17) is 0 Å². The summed E-state index contributed by atoms with van der Waals surface area (Å²) in [7, 11) is 0. The summed E-state index contributed by atoms with van der Waals surface area (Å²) in [6.07, 6.45) is 0. The van der Waals surface area contributed by atoms with E-state index >= 15 is 0 Å². The predicted octanol–water partition coefficient (Wildman–Crippen LogP) is 3.52. The number of nitrogens with one attached hydrogen (secondary N) is 1. The maximum atomic E-state index is 12.1. The van der Waals surface area contributed by atoms with Crippen LogP contribution >= 0.6 is 0 Å². The topological polar surface area (TPSA) is 45.8 Å². The van der Waals surface area contributed by atoms with E-state index in [-0.39, 0.29) is 5.56 Å². The van der Waals surface area contributed by atoms with Gasteiger partial charge in [-0.3, -0.25) is 4.79 Å². The average molecular weight is 264 g/mol. The van der Waals surface area contributed by atoms with E-state index in [1.54, 1.807) is 0 Å². The van der Waals surface area contributed by atoms with E-state index in [0.717, 1.165) is 33.2 Å². The Morgan fingerprint density at radius 2 is 1.45 bits per heavy atom. The molecule has 0 amide bonds. The molecule has 0 aliphatic carbocycles. The molecule has 0 aliphatic heterocycles. The highest BCUT2D eigenvalue weighted by Gasteiger charge is 2.12. The molecule has 0 spiro atoms. The van der Waals surface area contributed by atoms with Gasteiger partial charge < -0.3 is 0 Å². The second kappa shape index (κ2) is 4.60. The summed E-state index contributed by atoms with van der Waals surface area (Å²) in [5.74, 6) is 0. The SMILES string of the molecule is Cc1ccc(-c2n[nH]c(=O)c3c(C)ccc(C)c23)cc1. The van der Waals surface area contributed by atoms with Gasteiger partial charge in [-0.05, 0) is 31.9 Å². The van der Waals surface area contributed by atoms with Gasteiger partial charge in [-0.15, -0.1) is 0 Å². The van der Waals surface area contributed by atoms with Gasteiger partial charge in [0.05, 0.1) is 11.1 Å². The third-order valence-electron chi connectivity index (χ3n) is 3.68. The van der Waals surface area contributed by atoms with Gasteiger partial charge in [0.25, 0.3) is 5.56 Å². The molecule has 0 unspecified atom stereocenters. The number of fused-ring (bicyclic) bond motifs is 1. The van der Waals surface area contributed by atoms with Crippen LogP contribution in [0.3, 0.4) is 0 Å². The normalized spacial score (nSPS) is 10.9. The van der Waals surface area contributed by atoms with Crippen molar-refractivity contribution in [1.29, 1.82) is 0 Å². The standard InChI is InChI=1S/C17H16N2O/c1-10-4-8-13(9-5-10)16-14-11(2)6-7-12(3)15(14)17(20)19-18-16/h4-9H,1-3H3,(H,19,20). The molecule has 0 fully saturated rings. The number of H-pyrrole nitrogens is 1. The summed E-state index contributed by atoms with van der Waals surface area (Å²) in [5, 5.41) is 8.56. The molecule has 0 atom stereocenters. The van der Waals surface area contributed by atoms with Crippen molar-refractivity contribution in [2.24, 2.45) is 0 Å². The molecule has 1 heterocycles. The number of benzene rings is 2. The van der Waals surface area contributed by atoms with Crippen LogP contribution in [0.4, 0.5) is 0 Å². The minimum absolute atomic E-state index is 0.128. The Bertz CT molecular complexity index is 845. The Kier molecular flexibility index (Phi) is 2.90. The molecule has 1 aromatic heterocycles. The van der Waals surface area contributed by atoms with Gasteiger partial charge in [0.1, 0.15) is 0 Å². The number of rotatable bonds is 1. The van der Waals surface area contributed by atoms with E-state index in [9.17, 15) is 4.79 Å². The van der Waals surface area contributed by atoms with Crippen LogP contribution in [0.2, 0.25) is 0 Å². The molecule has 0 radical (unpaired) electrons. The van der Waals surface area contributed by atoms with Crippen molar-refractivity contribution in [2.45, 2.75) is 20.8 Å². The molecule has 100 valence electrons. The number of aromatic nitrogens is 2. The summed E-state index contributed by atoms with van der Waals surface area (Å²) in [6, 6.07) is 12.2. The first kappa shape index (κ1) is 12.6. The summed E-state index contributed by atoms with van der Waals surface area (Å²) in [5.41, 5.74) is 4.97. The number of aryl methyl sites for hydroxylation is 3. The van der Waals surface area contributed by atoms with E-state index in [1.807, 2.05) is 38.1 Å². The zero-order valence-corrected chi connectivity index (χ0v) is 11.8. The predicted molar refractivity (Wildman–Crippen MR) is 82.0 cm³/mol. The summed E-state index contributed by atoms with van der Waals surface area (Å²) in [4.78, 5) is 12.1. The first-order valence-electron chi connectivity index (χ1n) is 6.63. The lowest BCUT2D eigenvalue weighted by atomic mass is 9.98. The van der Waals surface area contributed by atoms with Gasteiger partial charge in [-0.25, -0.2) is 5.10 Å². The summed E-state index contributed by atoms with van der Waals surface area (Å²) in [6.45, 7) is 6.02. The maximum Gasteiger partial charge on any atom is 0.272 e. The van der Waals surface area contributed by atoms with Crippen molar-refractivity contribution >= 4 is 10.8 Å². The number of nitrogens with zero attached hydrogens (tertiary/aromatic N) is 1. The third-order valence-corrected chi connectivity index (χ3v) is 3.68. The zero-order chi connectivity index (χ0) is 14.3. The van der Waals surface area contributed by atoms with Gasteiger partial charge >= 0.3 is 0 Å². The lowest BCUT2D eigenvalue weighted by Crippen LogP contribution is -2.11. The quantitative estimate of drug-likeness (QED) is 0.731. The Labute approximate surface area is 117 Å². The molecule has 2 aromatic carbocycles. The monoisotopic (exact) mass is 264 g/mol. The molecule has 0 bridgehead atoms. The van der Waals surface area contributed by atoms with E-state index in [0.29, 0.717) is 0 Å². The van der Waals surface area contributed by atoms with Crippen molar-refractivity contribution in [2.75, 3.05) is 0 Å². The maximum absolute atomic E-state index is 12.1. The Morgan fingerprint density at radius 1 is 0.850 bits per heavy atom. The van der Waals surface area contributed by atoms with Crippen LogP contribution in [-0.4, -0.2) is 10.2 Å². The Morgan fingerprint density at radius 3 is 2.10 bits per heavy atom. The zero-order valence-electron chi connectivity index (χ0n) is 11.8. The lowest BCUT2D eigenvalue weighted by Gasteiger charge is -2.10. The van der Waals surface area contributed by atoms with Crippen LogP contribution in [0.1, 0.15) is 16.7 Å². The number of hydrogen-bond acceptors (Lipinski definition) is 2. The van der Waals surface area contributed by atoms with Gasteiger partial charge in [-0.2, -0.15) is 5.10 Å². The Hall–Kier alpha value is -2.42. The molecule has 1 N–H and O–H groups in total. The van der Waals surface area contributed by atoms with Crippen LogP contribution in [0.5, 0.6) is 0 Å². The third kappa shape index (κ3) is 1.92. The van der Waals surface area contributed by atoms with E-state index in [1.165, 1.54) is 5.56 Å². The van der Waals surface area contributed by atoms with Crippen molar-refractivity contribution in [3.8, 4) is 11.3 Å². The molecular formula is C17H16N2O. The smallest absolute Gasteiger partial charge is 0.267 e. The van der Waals surface area contributed by atoms with E-state index in [2.05, 4.69) is 29.3 Å². The average Bonchev–Trinajstić information content (AvgIpc) is 2.44. The first-order chi connectivity index (χ1) is 9.58. The van der Waals surface area contributed by atoms with Crippen LogP contribution < -0.4 is 5.56 Å². The second-order valence-corrected chi connectivity index (χ2v) is 5.22. The summed E-state index contributed by atoms with van der Waals surface area (Å²) >= 11 is 0. The fourth-order valence-corrected chi connectivity index (χ4v) is 2.55. The number of aromatic amines is 1. The molecule has 0 saturated carbocycles. The Balaban J connectivity index is 2.43. The fourth-order valence-electron chi connectivity index (χ4n) is 2.55. The van der Waals surface area contributed by atoms with Crippen molar-refractivity contribution in [3.63, 3.8) is 0 Å². The minimum Gasteiger partial charge on any atom is -0.267 e. The fraction of sp³-hybridized carbons (Fsp3) is 0.176. The highest BCUT2D eigenvalue weighted by atomic mass is 16.1. The van der Waals surface area contributed by atoms with Gasteiger partial charge in [0.2, 0.25) is 0 Å². The van der Waals surface area contributed by atoms with Crippen molar-refractivity contribution in [3.05, 3.63) is 63.4 Å². The molecule has 0 aliphatic rings. The molecular weight excluding hydrogens is 248 g/mol. The number of hydrogen-bond donors (Lipinski definition) is 1. The molecule has 0 saturated heterocycles. The largest absolute Gasteiger partial charge is 0.272 e. The molecule has 3 heteroatoms. The molecule has 20 heavy (non-hydrogen) atoms.